The molecule has 1 heterocycles. The maximum Gasteiger partial charge on any atom is 0.0963 e. The second-order valence-electron chi connectivity index (χ2n) is 6.44. The van der Waals surface area contributed by atoms with E-state index in [0.29, 0.717) is 5.84 Å². The second kappa shape index (κ2) is 5.85. The molecule has 0 aliphatic carbocycles. The first-order valence-corrected chi connectivity index (χ1v) is 6.90. The topological polar surface area (TPSA) is 53.1 Å². The van der Waals surface area contributed by atoms with Crippen molar-refractivity contribution in [1.29, 1.82) is 5.41 Å². The summed E-state index contributed by atoms with van der Waals surface area (Å²) in [5.41, 5.74) is 5.47. The maximum atomic E-state index is 7.54. The van der Waals surface area contributed by atoms with Crippen LogP contribution in [0.4, 0.5) is 0 Å². The van der Waals surface area contributed by atoms with Gasteiger partial charge in [-0.05, 0) is 44.2 Å². The van der Waals surface area contributed by atoms with Gasteiger partial charge in [-0.3, -0.25) is 5.41 Å². The van der Waals surface area contributed by atoms with E-state index < -0.39 is 0 Å². The van der Waals surface area contributed by atoms with E-state index in [1.54, 1.807) is 0 Å². The summed E-state index contributed by atoms with van der Waals surface area (Å²) in [6.45, 7) is 12.5. The fourth-order valence-corrected chi connectivity index (χ4v) is 2.43. The zero-order valence-electron chi connectivity index (χ0n) is 11.9. The standard InChI is InChI=1S/C14H29N3/c1-11-6-9-17(10-12(11)2)8-5-7-14(3,4)13(15)16/h11-12H,5-10H2,1-4H3,(H3,15,16). The smallest absolute Gasteiger partial charge is 0.0963 e. The molecule has 100 valence electrons. The van der Waals surface area contributed by atoms with Crippen molar-refractivity contribution in [3.05, 3.63) is 0 Å². The number of nitrogens with zero attached hydrogens (tertiary/aromatic N) is 1. The fourth-order valence-electron chi connectivity index (χ4n) is 2.43. The normalized spacial score (nSPS) is 27.1. The third-order valence-corrected chi connectivity index (χ3v) is 4.42. The molecule has 0 aromatic carbocycles. The number of hydrogen-bond acceptors (Lipinski definition) is 2. The monoisotopic (exact) mass is 239 g/mol. The Balaban J connectivity index is 2.26. The first-order chi connectivity index (χ1) is 7.83. The Morgan fingerprint density at radius 3 is 2.53 bits per heavy atom. The number of nitrogens with two attached hydrogens (primary N) is 1. The molecule has 1 saturated heterocycles. The van der Waals surface area contributed by atoms with Crippen molar-refractivity contribution >= 4 is 5.84 Å². The highest BCUT2D eigenvalue weighted by Crippen LogP contribution is 2.25. The van der Waals surface area contributed by atoms with Crippen LogP contribution < -0.4 is 5.73 Å². The molecule has 0 aromatic rings. The van der Waals surface area contributed by atoms with Crippen LogP contribution in [0, 0.1) is 22.7 Å². The summed E-state index contributed by atoms with van der Waals surface area (Å²) in [5, 5.41) is 7.54. The highest BCUT2D eigenvalue weighted by Gasteiger charge is 2.24. The van der Waals surface area contributed by atoms with Crippen molar-refractivity contribution in [3.63, 3.8) is 0 Å². The average molecular weight is 239 g/mol. The molecule has 1 fully saturated rings. The molecule has 1 rings (SSSR count). The Labute approximate surface area is 106 Å². The Bertz CT molecular complexity index is 260. The Morgan fingerprint density at radius 1 is 1.35 bits per heavy atom. The van der Waals surface area contributed by atoms with E-state index in [2.05, 4.69) is 32.6 Å². The van der Waals surface area contributed by atoms with Gasteiger partial charge in [-0.25, -0.2) is 0 Å². The van der Waals surface area contributed by atoms with E-state index in [0.717, 1.165) is 31.2 Å². The first kappa shape index (κ1) is 14.5. The third-order valence-electron chi connectivity index (χ3n) is 4.42. The largest absolute Gasteiger partial charge is 0.387 e. The van der Waals surface area contributed by atoms with Crippen LogP contribution in [0.25, 0.3) is 0 Å². The van der Waals surface area contributed by atoms with Gasteiger partial charge >= 0.3 is 0 Å². The van der Waals surface area contributed by atoms with Crippen LogP contribution in [0.15, 0.2) is 0 Å². The zero-order chi connectivity index (χ0) is 13.1. The van der Waals surface area contributed by atoms with Gasteiger partial charge < -0.3 is 10.6 Å². The molecule has 0 aromatic heterocycles. The van der Waals surface area contributed by atoms with Crippen LogP contribution in [-0.4, -0.2) is 30.4 Å². The average Bonchev–Trinajstić information content (AvgIpc) is 2.23. The van der Waals surface area contributed by atoms with Gasteiger partial charge in [0.1, 0.15) is 0 Å². The predicted octanol–water partition coefficient (Wildman–Crippen LogP) is 2.71. The Morgan fingerprint density at radius 2 is 2.00 bits per heavy atom. The van der Waals surface area contributed by atoms with Crippen LogP contribution >= 0.6 is 0 Å². The van der Waals surface area contributed by atoms with E-state index in [1.807, 2.05) is 0 Å². The molecule has 1 aliphatic rings. The summed E-state index contributed by atoms with van der Waals surface area (Å²) in [4.78, 5) is 2.57. The van der Waals surface area contributed by atoms with Gasteiger partial charge in [0.15, 0.2) is 0 Å². The molecule has 0 amide bonds. The zero-order valence-corrected chi connectivity index (χ0v) is 11.9. The first-order valence-electron chi connectivity index (χ1n) is 6.90. The molecule has 3 N–H and O–H groups in total. The molecule has 3 nitrogen and oxygen atoms in total. The lowest BCUT2D eigenvalue weighted by atomic mass is 9.85. The van der Waals surface area contributed by atoms with Crippen molar-refractivity contribution < 1.29 is 0 Å². The SMILES string of the molecule is CC1CCN(CCCC(C)(C)C(=N)N)CC1C. The van der Waals surface area contributed by atoms with E-state index in [-0.39, 0.29) is 5.41 Å². The summed E-state index contributed by atoms with van der Waals surface area (Å²) in [6.07, 6.45) is 3.49. The highest BCUT2D eigenvalue weighted by atomic mass is 15.1. The molecule has 0 spiro atoms. The summed E-state index contributed by atoms with van der Waals surface area (Å²) in [7, 11) is 0. The van der Waals surface area contributed by atoms with Crippen LogP contribution in [0.2, 0.25) is 0 Å². The van der Waals surface area contributed by atoms with Crippen molar-refractivity contribution in [2.24, 2.45) is 23.0 Å². The number of rotatable bonds is 5. The van der Waals surface area contributed by atoms with Gasteiger partial charge in [-0.2, -0.15) is 0 Å². The van der Waals surface area contributed by atoms with Crippen LogP contribution in [0.1, 0.15) is 47.0 Å². The van der Waals surface area contributed by atoms with E-state index in [4.69, 9.17) is 11.1 Å². The maximum absolute atomic E-state index is 7.54. The molecule has 0 radical (unpaired) electrons. The van der Waals surface area contributed by atoms with Crippen molar-refractivity contribution in [2.75, 3.05) is 19.6 Å². The minimum absolute atomic E-state index is 0.130. The predicted molar refractivity (Wildman–Crippen MR) is 74.3 cm³/mol. The van der Waals surface area contributed by atoms with Crippen molar-refractivity contribution in [1.82, 2.24) is 4.90 Å². The molecular weight excluding hydrogens is 210 g/mol. The molecule has 0 saturated carbocycles. The lowest BCUT2D eigenvalue weighted by Gasteiger charge is -2.35. The highest BCUT2D eigenvalue weighted by molar-refractivity contribution is 5.82. The number of amidine groups is 1. The Hall–Kier alpha value is -0.570. The van der Waals surface area contributed by atoms with Gasteiger partial charge in [0.2, 0.25) is 0 Å². The van der Waals surface area contributed by atoms with Gasteiger partial charge in [-0.15, -0.1) is 0 Å². The Kier molecular flexibility index (Phi) is 4.99. The molecule has 2 atom stereocenters. The van der Waals surface area contributed by atoms with E-state index >= 15 is 0 Å². The molecule has 17 heavy (non-hydrogen) atoms. The molecule has 2 unspecified atom stereocenters. The van der Waals surface area contributed by atoms with E-state index in [9.17, 15) is 0 Å². The minimum atomic E-state index is -0.130. The van der Waals surface area contributed by atoms with Crippen molar-refractivity contribution in [3.8, 4) is 0 Å². The summed E-state index contributed by atoms with van der Waals surface area (Å²) >= 11 is 0. The summed E-state index contributed by atoms with van der Waals surface area (Å²) in [6, 6.07) is 0. The van der Waals surface area contributed by atoms with Crippen LogP contribution in [-0.2, 0) is 0 Å². The van der Waals surface area contributed by atoms with Crippen molar-refractivity contribution in [2.45, 2.75) is 47.0 Å². The van der Waals surface area contributed by atoms with Gasteiger partial charge in [0.05, 0.1) is 5.84 Å². The lowest BCUT2D eigenvalue weighted by molar-refractivity contribution is 0.134. The third kappa shape index (κ3) is 4.30. The second-order valence-corrected chi connectivity index (χ2v) is 6.44. The van der Waals surface area contributed by atoms with Gasteiger partial charge in [0.25, 0.3) is 0 Å². The molecule has 0 bridgehead atoms. The lowest BCUT2D eigenvalue weighted by Crippen LogP contribution is -2.39. The summed E-state index contributed by atoms with van der Waals surface area (Å²) in [5.74, 6) is 2.02. The van der Waals surface area contributed by atoms with Crippen LogP contribution in [0.5, 0.6) is 0 Å². The fraction of sp³-hybridized carbons (Fsp3) is 0.929. The molecular formula is C14H29N3. The summed E-state index contributed by atoms with van der Waals surface area (Å²) < 4.78 is 0. The van der Waals surface area contributed by atoms with E-state index in [1.165, 1.54) is 19.5 Å². The number of piperidine rings is 1. The van der Waals surface area contributed by atoms with Gasteiger partial charge in [-0.1, -0.05) is 27.7 Å². The molecule has 3 heteroatoms. The number of nitrogens with one attached hydrogen (secondary N) is 1. The minimum Gasteiger partial charge on any atom is -0.387 e. The van der Waals surface area contributed by atoms with Crippen LogP contribution in [0.3, 0.4) is 0 Å². The number of hydrogen-bond donors (Lipinski definition) is 2. The number of likely N-dealkylation sites (tertiary alicyclic amines) is 1. The quantitative estimate of drug-likeness (QED) is 0.572. The van der Waals surface area contributed by atoms with Gasteiger partial charge in [0, 0.05) is 12.0 Å². The molecule has 1 aliphatic heterocycles.